The summed E-state index contributed by atoms with van der Waals surface area (Å²) in [4.78, 5) is 24.3. The maximum atomic E-state index is 13.8. The molecule has 2 fully saturated rings. The molecule has 3 aliphatic heterocycles. The molecule has 0 aliphatic carbocycles. The van der Waals surface area contributed by atoms with Crippen molar-refractivity contribution < 1.29 is 32.0 Å². The number of hydrogen-bond donors (Lipinski definition) is 2. The average molecular weight is 465 g/mol. The topological polar surface area (TPSA) is 98.9 Å². The number of aliphatic hydroxyl groups is 1. The van der Waals surface area contributed by atoms with E-state index in [1.807, 2.05) is 0 Å². The number of halogens is 4. The summed E-state index contributed by atoms with van der Waals surface area (Å²) in [6.07, 6.45) is -0.959. The number of carbonyl (C=O) groups excluding carboxylic acids is 1. The fourth-order valence-corrected chi connectivity index (χ4v) is 4.80. The maximum Gasteiger partial charge on any atom is 0.418 e. The number of alkyl halides is 3. The van der Waals surface area contributed by atoms with E-state index in [0.717, 1.165) is 23.8 Å². The Bertz CT molecular complexity index is 1170. The van der Waals surface area contributed by atoms with Crippen LogP contribution in [-0.4, -0.2) is 65.1 Å². The highest BCUT2D eigenvalue weighted by Crippen LogP contribution is 2.42. The summed E-state index contributed by atoms with van der Waals surface area (Å²) in [6, 6.07) is 2.40. The normalized spacial score (nSPS) is 23.8. The van der Waals surface area contributed by atoms with Crippen molar-refractivity contribution in [2.24, 2.45) is 16.6 Å². The molecule has 2 atom stereocenters. The van der Waals surface area contributed by atoms with Crippen molar-refractivity contribution in [1.29, 1.82) is 0 Å². The first-order valence-electron chi connectivity index (χ1n) is 10.4. The number of fused-ring (bicyclic) bond motifs is 2. The van der Waals surface area contributed by atoms with E-state index in [0.29, 0.717) is 12.4 Å². The smallest absolute Gasteiger partial charge is 0.396 e. The van der Waals surface area contributed by atoms with Crippen molar-refractivity contribution in [3.05, 3.63) is 47.5 Å². The van der Waals surface area contributed by atoms with Gasteiger partial charge in [0.05, 0.1) is 29.2 Å². The predicted octanol–water partition coefficient (Wildman–Crippen LogP) is 0.630. The Labute approximate surface area is 186 Å². The number of benzene rings is 1. The molecule has 1 aromatic carbocycles. The number of anilines is 1. The van der Waals surface area contributed by atoms with Crippen molar-refractivity contribution in [2.45, 2.75) is 18.1 Å². The summed E-state index contributed by atoms with van der Waals surface area (Å²) in [7, 11) is 0. The molecule has 2 aromatic rings. The predicted molar refractivity (Wildman–Crippen MR) is 108 cm³/mol. The summed E-state index contributed by atoms with van der Waals surface area (Å²) >= 11 is 0. The van der Waals surface area contributed by atoms with E-state index in [9.17, 15) is 22.4 Å². The Kier molecular flexibility index (Phi) is 4.90. The number of nitrogens with two attached hydrogens (primary N) is 1. The van der Waals surface area contributed by atoms with Crippen molar-refractivity contribution in [2.75, 3.05) is 37.7 Å². The number of aliphatic hydroxyl groups excluding tert-OH is 1. The van der Waals surface area contributed by atoms with Crippen LogP contribution in [0.2, 0.25) is 0 Å². The van der Waals surface area contributed by atoms with Crippen LogP contribution in [-0.2, 0) is 17.4 Å². The van der Waals surface area contributed by atoms with Gasteiger partial charge in [-0.15, -0.1) is 4.98 Å². The van der Waals surface area contributed by atoms with E-state index >= 15 is 0 Å². The summed E-state index contributed by atoms with van der Waals surface area (Å²) < 4.78 is 55.7. The van der Waals surface area contributed by atoms with Crippen molar-refractivity contribution in [3.8, 4) is 0 Å². The Morgan fingerprint density at radius 3 is 2.79 bits per heavy atom. The number of rotatable bonds is 4. The molecule has 0 radical (unpaired) electrons. The summed E-state index contributed by atoms with van der Waals surface area (Å²) in [5, 5.41) is 9.10. The lowest BCUT2D eigenvalue weighted by molar-refractivity contribution is -0.559. The first-order chi connectivity index (χ1) is 15.6. The number of nitrogens with zero attached hydrogens (tertiary/aromatic N) is 5. The van der Waals surface area contributed by atoms with Gasteiger partial charge in [-0.1, -0.05) is 4.99 Å². The van der Waals surface area contributed by atoms with Gasteiger partial charge >= 0.3 is 23.9 Å². The van der Waals surface area contributed by atoms with Crippen LogP contribution in [0, 0.1) is 11.7 Å². The van der Waals surface area contributed by atoms with E-state index in [2.05, 4.69) is 9.98 Å². The SMILES string of the molecule is N[C@]12CN(C(=O)C3=Nc4ncc(CCO)c[n+]43)C[C@H]1CN(c1cc(F)ccc1C(F)(F)F)C2. The van der Waals surface area contributed by atoms with Crippen LogP contribution in [0.3, 0.4) is 0 Å². The second-order valence-corrected chi connectivity index (χ2v) is 8.70. The lowest BCUT2D eigenvalue weighted by Crippen LogP contribution is -2.59. The number of carbonyl (C=O) groups is 1. The molecule has 174 valence electrons. The molecule has 1 aromatic heterocycles. The van der Waals surface area contributed by atoms with Crippen LogP contribution in [0.5, 0.6) is 0 Å². The second-order valence-electron chi connectivity index (χ2n) is 8.70. The van der Waals surface area contributed by atoms with Crippen molar-refractivity contribution in [1.82, 2.24) is 9.88 Å². The highest BCUT2D eigenvalue weighted by atomic mass is 19.4. The van der Waals surface area contributed by atoms with Crippen LogP contribution in [0.25, 0.3) is 0 Å². The number of aliphatic imine (C=N–C) groups is 1. The Morgan fingerprint density at radius 2 is 2.09 bits per heavy atom. The number of likely N-dealkylation sites (tertiary alicyclic amines) is 1. The van der Waals surface area contributed by atoms with Gasteiger partial charge in [-0.05, 0) is 18.2 Å². The monoisotopic (exact) mass is 465 g/mol. The molecule has 4 heterocycles. The van der Waals surface area contributed by atoms with Gasteiger partial charge in [0, 0.05) is 50.7 Å². The third kappa shape index (κ3) is 3.62. The van der Waals surface area contributed by atoms with E-state index in [-0.39, 0.29) is 56.1 Å². The van der Waals surface area contributed by atoms with E-state index < -0.39 is 23.1 Å². The molecule has 12 heteroatoms. The number of aromatic nitrogens is 2. The molecule has 1 amide bonds. The number of amides is 1. The fraction of sp³-hybridized carbons (Fsp3) is 0.429. The van der Waals surface area contributed by atoms with Crippen LogP contribution < -0.4 is 15.2 Å². The summed E-state index contributed by atoms with van der Waals surface area (Å²) in [5.74, 6) is -0.829. The zero-order chi connectivity index (χ0) is 23.5. The molecular formula is C21H21F4N6O2+. The average Bonchev–Trinajstić information content (AvgIpc) is 3.21. The minimum absolute atomic E-state index is 0.0528. The quantitative estimate of drug-likeness (QED) is 0.510. The van der Waals surface area contributed by atoms with Crippen molar-refractivity contribution in [3.63, 3.8) is 0 Å². The van der Waals surface area contributed by atoms with Gasteiger partial charge in [-0.25, -0.2) is 4.39 Å². The summed E-state index contributed by atoms with van der Waals surface area (Å²) in [5.41, 5.74) is 5.20. The number of hydrogen-bond acceptors (Lipinski definition) is 6. The van der Waals surface area contributed by atoms with Gasteiger partial charge in [0.1, 0.15) is 5.82 Å². The zero-order valence-electron chi connectivity index (χ0n) is 17.4. The minimum Gasteiger partial charge on any atom is -0.396 e. The molecular weight excluding hydrogens is 444 g/mol. The first-order valence-corrected chi connectivity index (χ1v) is 10.4. The minimum atomic E-state index is -4.62. The molecule has 0 bridgehead atoms. The third-order valence-electron chi connectivity index (χ3n) is 6.44. The second kappa shape index (κ2) is 7.45. The molecule has 0 unspecified atom stereocenters. The van der Waals surface area contributed by atoms with Crippen LogP contribution in [0.15, 0.2) is 35.6 Å². The van der Waals surface area contributed by atoms with Gasteiger partial charge < -0.3 is 20.6 Å². The maximum absolute atomic E-state index is 13.8. The fourth-order valence-electron chi connectivity index (χ4n) is 4.80. The summed E-state index contributed by atoms with van der Waals surface area (Å²) in [6.45, 7) is 0.573. The molecule has 8 nitrogen and oxygen atoms in total. The Morgan fingerprint density at radius 1 is 1.30 bits per heavy atom. The van der Waals surface area contributed by atoms with E-state index in [4.69, 9.17) is 10.8 Å². The molecule has 33 heavy (non-hydrogen) atoms. The van der Waals surface area contributed by atoms with Gasteiger partial charge in [0.15, 0.2) is 0 Å². The lowest BCUT2D eigenvalue weighted by atomic mass is 9.92. The van der Waals surface area contributed by atoms with Crippen LogP contribution in [0.4, 0.5) is 29.2 Å². The van der Waals surface area contributed by atoms with E-state index in [1.54, 1.807) is 21.9 Å². The first kappa shape index (κ1) is 21.7. The third-order valence-corrected chi connectivity index (χ3v) is 6.44. The van der Waals surface area contributed by atoms with Gasteiger partial charge in [0.25, 0.3) is 0 Å². The van der Waals surface area contributed by atoms with Gasteiger partial charge in [-0.3, -0.25) is 4.79 Å². The highest BCUT2D eigenvalue weighted by Gasteiger charge is 2.53. The van der Waals surface area contributed by atoms with Gasteiger partial charge in [-0.2, -0.15) is 17.7 Å². The standard InChI is InChI=1S/C21H21F4N6O2/c22-14-1-2-15(21(23,24)25)16(5-14)29-8-13-9-30(11-20(13,26)10-29)18(33)17-28-19-27-6-12(3-4-32)7-31(17)19/h1-2,5-7,13,32H,3-4,8-11,26H2/q+1/t13-,20-/m1/s1. The van der Waals surface area contributed by atoms with Gasteiger partial charge in [0.2, 0.25) is 0 Å². The molecule has 5 rings (SSSR count). The molecule has 0 saturated carbocycles. The zero-order valence-corrected chi connectivity index (χ0v) is 17.4. The van der Waals surface area contributed by atoms with E-state index in [1.165, 1.54) is 4.90 Å². The molecule has 3 N–H and O–H groups in total. The van der Waals surface area contributed by atoms with Crippen LogP contribution in [0.1, 0.15) is 11.1 Å². The highest BCUT2D eigenvalue weighted by molar-refractivity contribution is 6.35. The molecule has 3 aliphatic rings. The molecule has 2 saturated heterocycles. The van der Waals surface area contributed by atoms with Crippen LogP contribution >= 0.6 is 0 Å². The Balaban J connectivity index is 1.32. The molecule has 0 spiro atoms. The lowest BCUT2D eigenvalue weighted by Gasteiger charge is -2.28. The Hall–Kier alpha value is -3.12. The van der Waals surface area contributed by atoms with Crippen molar-refractivity contribution >= 4 is 23.4 Å². The largest absolute Gasteiger partial charge is 0.418 e.